The highest BCUT2D eigenvalue weighted by atomic mass is 35.5. The first-order valence-electron chi connectivity index (χ1n) is 8.20. The highest BCUT2D eigenvalue weighted by molar-refractivity contribution is 6.38. The first kappa shape index (κ1) is 17.1. The standard InChI is InChI=1S/C19H15Cl2N3O2/c1-11-6-12-4-2-3-5-16(12)24(11)17(25)9-23-10-22-18-14(19(23)26)7-13(20)8-15(18)21/h2-5,7-8,10-11H,6,9H2,1H3/t11-/m0/s1. The fraction of sp³-hybridized carbons (Fsp3) is 0.211. The summed E-state index contributed by atoms with van der Waals surface area (Å²) < 4.78 is 1.30. The van der Waals surface area contributed by atoms with Gasteiger partial charge in [-0.1, -0.05) is 41.4 Å². The summed E-state index contributed by atoms with van der Waals surface area (Å²) in [6, 6.07) is 10.9. The second kappa shape index (κ2) is 6.41. The number of hydrogen-bond donors (Lipinski definition) is 0. The number of nitrogens with zero attached hydrogens (tertiary/aromatic N) is 3. The van der Waals surface area contributed by atoms with Gasteiger partial charge in [0.25, 0.3) is 5.56 Å². The molecule has 7 heteroatoms. The van der Waals surface area contributed by atoms with E-state index in [0.29, 0.717) is 20.9 Å². The third-order valence-electron chi connectivity index (χ3n) is 4.63. The molecule has 0 radical (unpaired) electrons. The third-order valence-corrected chi connectivity index (χ3v) is 5.13. The van der Waals surface area contributed by atoms with Crippen LogP contribution in [-0.2, 0) is 17.8 Å². The summed E-state index contributed by atoms with van der Waals surface area (Å²) in [4.78, 5) is 31.6. The van der Waals surface area contributed by atoms with Crippen LogP contribution in [0.4, 0.5) is 5.69 Å². The second-order valence-corrected chi connectivity index (χ2v) is 7.25. The molecular weight excluding hydrogens is 373 g/mol. The van der Waals surface area contributed by atoms with E-state index in [0.717, 1.165) is 17.7 Å². The molecule has 1 aliphatic rings. The predicted octanol–water partition coefficient (Wildman–Crippen LogP) is 3.68. The number of fused-ring (bicyclic) bond motifs is 2. The lowest BCUT2D eigenvalue weighted by Gasteiger charge is -2.23. The van der Waals surface area contributed by atoms with Gasteiger partial charge in [0, 0.05) is 16.8 Å². The Bertz CT molecular complexity index is 1090. The molecule has 0 saturated heterocycles. The highest BCUT2D eigenvalue weighted by Gasteiger charge is 2.30. The highest BCUT2D eigenvalue weighted by Crippen LogP contribution is 2.32. The third kappa shape index (κ3) is 2.77. The summed E-state index contributed by atoms with van der Waals surface area (Å²) in [5, 5.41) is 0.963. The van der Waals surface area contributed by atoms with Gasteiger partial charge in [-0.25, -0.2) is 4.98 Å². The maximum atomic E-state index is 12.9. The summed E-state index contributed by atoms with van der Waals surface area (Å²) in [6.07, 6.45) is 2.16. The lowest BCUT2D eigenvalue weighted by molar-refractivity contribution is -0.119. The molecule has 4 rings (SSSR count). The van der Waals surface area contributed by atoms with E-state index < -0.39 is 0 Å². The van der Waals surface area contributed by atoms with E-state index in [9.17, 15) is 9.59 Å². The molecule has 0 N–H and O–H groups in total. The number of carbonyl (C=O) groups excluding carboxylic acids is 1. The number of rotatable bonds is 2. The van der Waals surface area contributed by atoms with Gasteiger partial charge in [-0.15, -0.1) is 0 Å². The van der Waals surface area contributed by atoms with Crippen LogP contribution in [0.1, 0.15) is 12.5 Å². The zero-order chi connectivity index (χ0) is 18.4. The molecule has 2 heterocycles. The van der Waals surface area contributed by atoms with E-state index in [1.165, 1.54) is 23.0 Å². The van der Waals surface area contributed by atoms with Crippen LogP contribution in [-0.4, -0.2) is 21.5 Å². The molecule has 1 amide bonds. The minimum Gasteiger partial charge on any atom is -0.307 e. The van der Waals surface area contributed by atoms with Gasteiger partial charge >= 0.3 is 0 Å². The zero-order valence-electron chi connectivity index (χ0n) is 13.9. The van der Waals surface area contributed by atoms with Crippen LogP contribution in [0.3, 0.4) is 0 Å². The van der Waals surface area contributed by atoms with Crippen molar-refractivity contribution in [3.05, 3.63) is 68.7 Å². The van der Waals surface area contributed by atoms with Crippen molar-refractivity contribution in [3.8, 4) is 0 Å². The van der Waals surface area contributed by atoms with E-state index in [1.807, 2.05) is 31.2 Å². The van der Waals surface area contributed by atoms with Gasteiger partial charge in [0.15, 0.2) is 0 Å². The topological polar surface area (TPSA) is 55.2 Å². The SMILES string of the molecule is C[C@H]1Cc2ccccc2N1C(=O)Cn1cnc2c(Cl)cc(Cl)cc2c1=O. The van der Waals surface area contributed by atoms with Gasteiger partial charge in [0.2, 0.25) is 5.91 Å². The summed E-state index contributed by atoms with van der Waals surface area (Å²) in [7, 11) is 0. The average molecular weight is 388 g/mol. The van der Waals surface area contributed by atoms with Crippen LogP contribution < -0.4 is 10.5 Å². The van der Waals surface area contributed by atoms with Gasteiger partial charge in [0.05, 0.1) is 22.3 Å². The lowest BCUT2D eigenvalue weighted by atomic mass is 10.1. The van der Waals surface area contributed by atoms with Crippen molar-refractivity contribution in [1.29, 1.82) is 0 Å². The number of aromatic nitrogens is 2. The first-order chi connectivity index (χ1) is 12.5. The Morgan fingerprint density at radius 2 is 2.04 bits per heavy atom. The summed E-state index contributed by atoms with van der Waals surface area (Å²) in [5.41, 5.74) is 2.08. The van der Waals surface area contributed by atoms with Crippen LogP contribution in [0.25, 0.3) is 10.9 Å². The van der Waals surface area contributed by atoms with Gasteiger partial charge in [-0.2, -0.15) is 0 Å². The predicted molar refractivity (Wildman–Crippen MR) is 103 cm³/mol. The Morgan fingerprint density at radius 3 is 2.85 bits per heavy atom. The number of anilines is 1. The van der Waals surface area contributed by atoms with E-state index in [1.54, 1.807) is 4.90 Å². The first-order valence-corrected chi connectivity index (χ1v) is 8.95. The molecular formula is C19H15Cl2N3O2. The van der Waals surface area contributed by atoms with E-state index in [-0.39, 0.29) is 24.1 Å². The van der Waals surface area contributed by atoms with Crippen molar-refractivity contribution >= 4 is 45.7 Å². The number of amides is 1. The van der Waals surface area contributed by atoms with Crippen LogP contribution in [0, 0.1) is 0 Å². The Morgan fingerprint density at radius 1 is 1.27 bits per heavy atom. The summed E-state index contributed by atoms with van der Waals surface area (Å²) in [5.74, 6) is -0.154. The molecule has 1 aromatic heterocycles. The molecule has 26 heavy (non-hydrogen) atoms. The number of halogens is 2. The molecule has 132 valence electrons. The van der Waals surface area contributed by atoms with Gasteiger partial charge < -0.3 is 4.90 Å². The summed E-state index contributed by atoms with van der Waals surface area (Å²) in [6.45, 7) is 1.91. The normalized spacial score (nSPS) is 16.1. The minimum atomic E-state index is -0.340. The maximum Gasteiger partial charge on any atom is 0.261 e. The smallest absolute Gasteiger partial charge is 0.261 e. The fourth-order valence-corrected chi connectivity index (χ4v) is 4.02. The van der Waals surface area contributed by atoms with Crippen LogP contribution in [0.5, 0.6) is 0 Å². The van der Waals surface area contributed by atoms with E-state index >= 15 is 0 Å². The minimum absolute atomic E-state index is 0.0490. The lowest BCUT2D eigenvalue weighted by Crippen LogP contribution is -2.40. The number of hydrogen-bond acceptors (Lipinski definition) is 3. The zero-order valence-corrected chi connectivity index (χ0v) is 15.5. The van der Waals surface area contributed by atoms with Crippen molar-refractivity contribution in [2.75, 3.05) is 4.90 Å². The van der Waals surface area contributed by atoms with Crippen LogP contribution in [0.2, 0.25) is 10.0 Å². The van der Waals surface area contributed by atoms with Crippen molar-refractivity contribution in [1.82, 2.24) is 9.55 Å². The number of carbonyl (C=O) groups is 1. The molecule has 1 atom stereocenters. The Hall–Kier alpha value is -2.37. The van der Waals surface area contributed by atoms with Crippen molar-refractivity contribution in [2.45, 2.75) is 25.9 Å². The molecule has 0 unspecified atom stereocenters. The van der Waals surface area contributed by atoms with Crippen LogP contribution in [0.15, 0.2) is 47.5 Å². The van der Waals surface area contributed by atoms with Crippen molar-refractivity contribution in [3.63, 3.8) is 0 Å². The summed E-state index contributed by atoms with van der Waals surface area (Å²) >= 11 is 12.1. The molecule has 0 fully saturated rings. The second-order valence-electron chi connectivity index (χ2n) is 6.41. The average Bonchev–Trinajstić information content (AvgIpc) is 2.93. The molecule has 0 aliphatic carbocycles. The number of para-hydroxylation sites is 1. The largest absolute Gasteiger partial charge is 0.307 e. The molecule has 3 aromatic rings. The molecule has 0 bridgehead atoms. The van der Waals surface area contributed by atoms with Crippen LogP contribution >= 0.6 is 23.2 Å². The maximum absolute atomic E-state index is 12.9. The molecule has 1 aliphatic heterocycles. The Balaban J connectivity index is 1.71. The Labute approximate surface area is 159 Å². The monoisotopic (exact) mass is 387 g/mol. The molecule has 0 spiro atoms. The molecule has 0 saturated carbocycles. The fourth-order valence-electron chi connectivity index (χ4n) is 3.47. The van der Waals surface area contributed by atoms with E-state index in [4.69, 9.17) is 23.2 Å². The van der Waals surface area contributed by atoms with E-state index in [2.05, 4.69) is 4.98 Å². The molecule has 5 nitrogen and oxygen atoms in total. The van der Waals surface area contributed by atoms with Gasteiger partial charge in [-0.05, 0) is 37.1 Å². The van der Waals surface area contributed by atoms with Crippen molar-refractivity contribution in [2.24, 2.45) is 0 Å². The quantitative estimate of drug-likeness (QED) is 0.673. The number of benzene rings is 2. The Kier molecular flexibility index (Phi) is 4.21. The molecule has 2 aromatic carbocycles. The van der Waals surface area contributed by atoms with Crippen molar-refractivity contribution < 1.29 is 4.79 Å². The van der Waals surface area contributed by atoms with Gasteiger partial charge in [-0.3, -0.25) is 14.2 Å². The van der Waals surface area contributed by atoms with Gasteiger partial charge in [0.1, 0.15) is 6.54 Å².